The van der Waals surface area contributed by atoms with Gasteiger partial charge in [0.25, 0.3) is 0 Å². The summed E-state index contributed by atoms with van der Waals surface area (Å²) in [6.45, 7) is 4.25. The molecule has 3 nitrogen and oxygen atoms in total. The highest BCUT2D eigenvalue weighted by atomic mass is 16.6. The summed E-state index contributed by atoms with van der Waals surface area (Å²) in [5.74, 6) is 0.329. The third kappa shape index (κ3) is 4.10. The summed E-state index contributed by atoms with van der Waals surface area (Å²) < 4.78 is 5.28. The van der Waals surface area contributed by atoms with Crippen LogP contribution < -0.4 is 5.73 Å². The van der Waals surface area contributed by atoms with Gasteiger partial charge in [0.15, 0.2) is 0 Å². The number of primary amides is 1. The summed E-state index contributed by atoms with van der Waals surface area (Å²) in [7, 11) is 0. The Bertz CT molecular complexity index is 337. The summed E-state index contributed by atoms with van der Waals surface area (Å²) >= 11 is 0. The number of carbonyl (C=O) groups is 1. The molecule has 1 aromatic rings. The van der Waals surface area contributed by atoms with Crippen molar-refractivity contribution in [3.05, 3.63) is 35.9 Å². The van der Waals surface area contributed by atoms with Gasteiger partial charge < -0.3 is 10.5 Å². The van der Waals surface area contributed by atoms with Crippen molar-refractivity contribution in [2.24, 2.45) is 11.7 Å². The molecule has 0 aliphatic carbocycles. The Morgan fingerprint density at radius 2 is 1.94 bits per heavy atom. The van der Waals surface area contributed by atoms with Crippen LogP contribution in [0.2, 0.25) is 0 Å². The second kappa shape index (κ2) is 6.94. The van der Waals surface area contributed by atoms with Gasteiger partial charge in [0, 0.05) is 5.92 Å². The smallest absolute Gasteiger partial charge is 0.405 e. The van der Waals surface area contributed by atoms with Crippen molar-refractivity contribution < 1.29 is 9.53 Å². The molecule has 2 unspecified atom stereocenters. The molecule has 0 spiro atoms. The average Bonchev–Trinajstić information content (AvgIpc) is 2.34. The third-order valence-corrected chi connectivity index (χ3v) is 2.98. The highest BCUT2D eigenvalue weighted by molar-refractivity contribution is 5.65. The Hall–Kier alpha value is -1.51. The molecule has 0 aromatic heterocycles. The molecule has 0 heterocycles. The van der Waals surface area contributed by atoms with Crippen molar-refractivity contribution in [3.8, 4) is 0 Å². The van der Waals surface area contributed by atoms with E-state index >= 15 is 0 Å². The molecule has 1 amide bonds. The molecule has 1 rings (SSSR count). The number of rotatable bonds is 6. The van der Waals surface area contributed by atoms with E-state index in [1.165, 1.54) is 0 Å². The Balaban J connectivity index is 2.89. The molecule has 3 heteroatoms. The zero-order valence-corrected chi connectivity index (χ0v) is 10.6. The maximum Gasteiger partial charge on any atom is 0.405 e. The highest BCUT2D eigenvalue weighted by Crippen LogP contribution is 2.31. The average molecular weight is 235 g/mol. The predicted molar refractivity (Wildman–Crippen MR) is 68.5 cm³/mol. The van der Waals surface area contributed by atoms with Crippen LogP contribution in [-0.4, -0.2) is 6.09 Å². The van der Waals surface area contributed by atoms with Crippen molar-refractivity contribution in [2.45, 2.75) is 39.2 Å². The molecular weight excluding hydrogens is 214 g/mol. The topological polar surface area (TPSA) is 52.3 Å². The SMILES string of the molecule is CCCC(CC)C(OC(N)=O)c1ccccc1. The van der Waals surface area contributed by atoms with Crippen LogP contribution in [0.3, 0.4) is 0 Å². The molecule has 17 heavy (non-hydrogen) atoms. The zero-order valence-electron chi connectivity index (χ0n) is 10.6. The lowest BCUT2D eigenvalue weighted by Gasteiger charge is -2.25. The molecule has 0 bridgehead atoms. The molecule has 0 saturated carbocycles. The van der Waals surface area contributed by atoms with Gasteiger partial charge in [-0.1, -0.05) is 50.6 Å². The van der Waals surface area contributed by atoms with Crippen molar-refractivity contribution in [1.29, 1.82) is 0 Å². The lowest BCUT2D eigenvalue weighted by molar-refractivity contribution is 0.0625. The number of hydrogen-bond acceptors (Lipinski definition) is 2. The second-order valence-electron chi connectivity index (χ2n) is 4.23. The lowest BCUT2D eigenvalue weighted by Crippen LogP contribution is -2.23. The second-order valence-corrected chi connectivity index (χ2v) is 4.23. The molecule has 2 N–H and O–H groups in total. The molecule has 94 valence electrons. The molecule has 0 fully saturated rings. The molecule has 0 radical (unpaired) electrons. The number of nitrogens with two attached hydrogens (primary N) is 1. The van der Waals surface area contributed by atoms with E-state index in [-0.39, 0.29) is 6.10 Å². The minimum Gasteiger partial charge on any atom is -0.441 e. The summed E-state index contributed by atoms with van der Waals surface area (Å²) in [4.78, 5) is 11.0. The molecular formula is C14H21NO2. The first-order valence-electron chi connectivity index (χ1n) is 6.20. The van der Waals surface area contributed by atoms with Crippen LogP contribution >= 0.6 is 0 Å². The van der Waals surface area contributed by atoms with E-state index in [9.17, 15) is 4.79 Å². The minimum atomic E-state index is -0.701. The van der Waals surface area contributed by atoms with Gasteiger partial charge in [-0.2, -0.15) is 0 Å². The van der Waals surface area contributed by atoms with Crippen LogP contribution in [-0.2, 0) is 4.74 Å². The Labute approximate surface area is 103 Å². The van der Waals surface area contributed by atoms with Gasteiger partial charge in [-0.05, 0) is 18.4 Å². The van der Waals surface area contributed by atoms with Gasteiger partial charge in [0.05, 0.1) is 0 Å². The first-order valence-corrected chi connectivity index (χ1v) is 6.20. The maximum atomic E-state index is 11.0. The molecule has 0 aliphatic rings. The number of carbonyl (C=O) groups excluding carboxylic acids is 1. The van der Waals surface area contributed by atoms with E-state index in [0.29, 0.717) is 5.92 Å². The lowest BCUT2D eigenvalue weighted by atomic mass is 9.89. The summed E-state index contributed by atoms with van der Waals surface area (Å²) in [6, 6.07) is 9.81. The fourth-order valence-electron chi connectivity index (χ4n) is 2.14. The van der Waals surface area contributed by atoms with Gasteiger partial charge in [0.2, 0.25) is 0 Å². The van der Waals surface area contributed by atoms with E-state index < -0.39 is 6.09 Å². The van der Waals surface area contributed by atoms with Crippen LogP contribution in [0, 0.1) is 5.92 Å². The molecule has 1 aromatic carbocycles. The maximum absolute atomic E-state index is 11.0. The zero-order chi connectivity index (χ0) is 12.7. The first kappa shape index (κ1) is 13.6. The van der Waals surface area contributed by atoms with Crippen LogP contribution in [0.5, 0.6) is 0 Å². The van der Waals surface area contributed by atoms with Gasteiger partial charge in [-0.15, -0.1) is 0 Å². The highest BCUT2D eigenvalue weighted by Gasteiger charge is 2.24. The first-order chi connectivity index (χ1) is 8.19. The van der Waals surface area contributed by atoms with E-state index in [1.54, 1.807) is 0 Å². The van der Waals surface area contributed by atoms with Crippen LogP contribution in [0.1, 0.15) is 44.8 Å². The van der Waals surface area contributed by atoms with Crippen molar-refractivity contribution >= 4 is 6.09 Å². The summed E-state index contributed by atoms with van der Waals surface area (Å²) in [5, 5.41) is 0. The van der Waals surface area contributed by atoms with Crippen LogP contribution in [0.15, 0.2) is 30.3 Å². The van der Waals surface area contributed by atoms with Gasteiger partial charge >= 0.3 is 6.09 Å². The Morgan fingerprint density at radius 1 is 1.29 bits per heavy atom. The van der Waals surface area contributed by atoms with E-state index in [1.807, 2.05) is 30.3 Å². The van der Waals surface area contributed by atoms with Crippen LogP contribution in [0.4, 0.5) is 4.79 Å². The van der Waals surface area contributed by atoms with Crippen LogP contribution in [0.25, 0.3) is 0 Å². The number of hydrogen-bond donors (Lipinski definition) is 1. The van der Waals surface area contributed by atoms with Gasteiger partial charge in [0.1, 0.15) is 6.10 Å². The fourth-order valence-corrected chi connectivity index (χ4v) is 2.14. The van der Waals surface area contributed by atoms with Gasteiger partial charge in [-0.3, -0.25) is 0 Å². The fraction of sp³-hybridized carbons (Fsp3) is 0.500. The van der Waals surface area contributed by atoms with E-state index in [0.717, 1.165) is 24.8 Å². The third-order valence-electron chi connectivity index (χ3n) is 2.98. The predicted octanol–water partition coefficient (Wildman–Crippen LogP) is 3.65. The molecule has 2 atom stereocenters. The summed E-state index contributed by atoms with van der Waals surface area (Å²) in [5.41, 5.74) is 6.18. The van der Waals surface area contributed by atoms with Crippen molar-refractivity contribution in [2.75, 3.05) is 0 Å². The standard InChI is InChI=1S/C14H21NO2/c1-3-8-11(4-2)13(17-14(15)16)12-9-6-5-7-10-12/h5-7,9-11,13H,3-4,8H2,1-2H3,(H2,15,16). The largest absolute Gasteiger partial charge is 0.441 e. The number of ether oxygens (including phenoxy) is 1. The minimum absolute atomic E-state index is 0.223. The van der Waals surface area contributed by atoms with Crippen molar-refractivity contribution in [3.63, 3.8) is 0 Å². The Morgan fingerprint density at radius 3 is 2.41 bits per heavy atom. The Kier molecular flexibility index (Phi) is 5.53. The molecule has 0 aliphatic heterocycles. The quantitative estimate of drug-likeness (QED) is 0.818. The van der Waals surface area contributed by atoms with E-state index in [4.69, 9.17) is 10.5 Å². The van der Waals surface area contributed by atoms with Crippen molar-refractivity contribution in [1.82, 2.24) is 0 Å². The monoisotopic (exact) mass is 235 g/mol. The molecule has 0 saturated heterocycles. The number of benzene rings is 1. The normalized spacial score (nSPS) is 14.0. The number of amides is 1. The van der Waals surface area contributed by atoms with E-state index in [2.05, 4.69) is 13.8 Å². The summed E-state index contributed by atoms with van der Waals surface area (Å²) in [6.07, 6.45) is 2.15. The van der Waals surface area contributed by atoms with Gasteiger partial charge in [-0.25, -0.2) is 4.79 Å².